The van der Waals surface area contributed by atoms with E-state index in [0.29, 0.717) is 32.1 Å². The van der Waals surface area contributed by atoms with Crippen LogP contribution >= 0.6 is 0 Å². The van der Waals surface area contributed by atoms with E-state index in [2.05, 4.69) is 0 Å². The lowest BCUT2D eigenvalue weighted by molar-refractivity contribution is -0.200. The SMILES string of the molecule is CC(C)(C)OC(=O)[C@H]1CCC[C@@]2(C)C(=O)CCC[C@@]12O. The smallest absolute Gasteiger partial charge is 0.312 e. The Bertz CT molecular complexity index is 423. The maximum Gasteiger partial charge on any atom is 0.312 e. The van der Waals surface area contributed by atoms with Gasteiger partial charge in [0.1, 0.15) is 11.4 Å². The molecule has 114 valence electrons. The topological polar surface area (TPSA) is 63.6 Å². The van der Waals surface area contributed by atoms with Gasteiger partial charge in [0.25, 0.3) is 0 Å². The summed E-state index contributed by atoms with van der Waals surface area (Å²) in [7, 11) is 0. The molecule has 20 heavy (non-hydrogen) atoms. The van der Waals surface area contributed by atoms with Gasteiger partial charge in [0.15, 0.2) is 0 Å². The Kier molecular flexibility index (Phi) is 3.74. The quantitative estimate of drug-likeness (QED) is 0.751. The molecule has 2 rings (SSSR count). The largest absolute Gasteiger partial charge is 0.460 e. The van der Waals surface area contributed by atoms with E-state index < -0.39 is 22.5 Å². The van der Waals surface area contributed by atoms with Crippen LogP contribution in [0.25, 0.3) is 0 Å². The monoisotopic (exact) mass is 282 g/mol. The molecule has 0 heterocycles. The molecular formula is C16H26O4. The predicted octanol–water partition coefficient (Wildman–Crippen LogP) is 2.62. The maximum absolute atomic E-state index is 12.4. The molecule has 0 spiro atoms. The fourth-order valence-electron chi connectivity index (χ4n) is 3.81. The number of carbonyl (C=O) groups excluding carboxylic acids is 2. The number of ether oxygens (including phenoxy) is 1. The Morgan fingerprint density at radius 3 is 2.55 bits per heavy atom. The molecule has 0 aromatic heterocycles. The second kappa shape index (κ2) is 4.83. The van der Waals surface area contributed by atoms with E-state index in [-0.39, 0.29) is 11.8 Å². The summed E-state index contributed by atoms with van der Waals surface area (Å²) in [5.74, 6) is -0.843. The van der Waals surface area contributed by atoms with Crippen LogP contribution in [-0.4, -0.2) is 28.1 Å². The summed E-state index contributed by atoms with van der Waals surface area (Å²) in [6.07, 6.45) is 3.74. The number of fused-ring (bicyclic) bond motifs is 1. The lowest BCUT2D eigenvalue weighted by Gasteiger charge is -2.53. The minimum absolute atomic E-state index is 0.0968. The summed E-state index contributed by atoms with van der Waals surface area (Å²) in [4.78, 5) is 24.7. The van der Waals surface area contributed by atoms with Crippen molar-refractivity contribution in [1.29, 1.82) is 0 Å². The number of Topliss-reactive ketones (excluding diaryl/α,β-unsaturated/α-hetero) is 1. The summed E-state index contributed by atoms with van der Waals surface area (Å²) in [6.45, 7) is 7.29. The second-order valence-electron chi connectivity index (χ2n) is 7.51. The van der Waals surface area contributed by atoms with Crippen molar-refractivity contribution in [2.45, 2.75) is 77.4 Å². The molecule has 0 unspecified atom stereocenters. The van der Waals surface area contributed by atoms with Crippen LogP contribution < -0.4 is 0 Å². The van der Waals surface area contributed by atoms with Gasteiger partial charge in [0.2, 0.25) is 0 Å². The van der Waals surface area contributed by atoms with Gasteiger partial charge in [0, 0.05) is 6.42 Å². The first kappa shape index (κ1) is 15.5. The summed E-state index contributed by atoms with van der Waals surface area (Å²) in [5.41, 5.74) is -2.59. The minimum Gasteiger partial charge on any atom is -0.460 e. The van der Waals surface area contributed by atoms with Crippen LogP contribution in [-0.2, 0) is 14.3 Å². The highest BCUT2D eigenvalue weighted by molar-refractivity contribution is 5.88. The number of esters is 1. The maximum atomic E-state index is 12.4. The third-order valence-electron chi connectivity index (χ3n) is 4.97. The highest BCUT2D eigenvalue weighted by atomic mass is 16.6. The van der Waals surface area contributed by atoms with Gasteiger partial charge in [-0.1, -0.05) is 6.42 Å². The summed E-state index contributed by atoms with van der Waals surface area (Å²) in [6, 6.07) is 0. The van der Waals surface area contributed by atoms with Crippen molar-refractivity contribution in [2.24, 2.45) is 11.3 Å². The first-order chi connectivity index (χ1) is 9.10. The van der Waals surface area contributed by atoms with Crippen molar-refractivity contribution in [3.05, 3.63) is 0 Å². The summed E-state index contributed by atoms with van der Waals surface area (Å²) in [5, 5.41) is 11.1. The van der Waals surface area contributed by atoms with Crippen LogP contribution in [0.1, 0.15) is 66.2 Å². The van der Waals surface area contributed by atoms with Gasteiger partial charge in [-0.2, -0.15) is 0 Å². The van der Waals surface area contributed by atoms with E-state index in [9.17, 15) is 14.7 Å². The van der Waals surface area contributed by atoms with Crippen molar-refractivity contribution in [2.75, 3.05) is 0 Å². The summed E-state index contributed by atoms with van der Waals surface area (Å²) < 4.78 is 5.46. The van der Waals surface area contributed by atoms with Crippen LogP contribution in [0.5, 0.6) is 0 Å². The Labute approximate surface area is 120 Å². The molecule has 2 aliphatic rings. The van der Waals surface area contributed by atoms with Gasteiger partial charge in [-0.05, 0) is 53.4 Å². The highest BCUT2D eigenvalue weighted by Crippen LogP contribution is 2.54. The normalized spacial score (nSPS) is 38.2. The lowest BCUT2D eigenvalue weighted by atomic mass is 9.53. The predicted molar refractivity (Wildman–Crippen MR) is 75.1 cm³/mol. The van der Waals surface area contributed by atoms with Crippen LogP contribution in [0.4, 0.5) is 0 Å². The molecular weight excluding hydrogens is 256 g/mol. The Morgan fingerprint density at radius 1 is 1.30 bits per heavy atom. The molecule has 2 saturated carbocycles. The molecule has 4 heteroatoms. The number of ketones is 1. The standard InChI is InChI=1S/C16H26O4/c1-14(2,3)20-13(18)11-7-5-9-15(4)12(17)8-6-10-16(11,15)19/h11,19H,5-10H2,1-4H3/t11-,15+,16-/m1/s1. The van der Waals surface area contributed by atoms with E-state index in [1.54, 1.807) is 0 Å². The van der Waals surface area contributed by atoms with Gasteiger partial charge < -0.3 is 9.84 Å². The highest BCUT2D eigenvalue weighted by Gasteiger charge is 2.61. The van der Waals surface area contributed by atoms with Crippen molar-refractivity contribution >= 4 is 11.8 Å². The Hall–Kier alpha value is -0.900. The van der Waals surface area contributed by atoms with Gasteiger partial charge in [-0.15, -0.1) is 0 Å². The van der Waals surface area contributed by atoms with Crippen molar-refractivity contribution in [3.8, 4) is 0 Å². The van der Waals surface area contributed by atoms with Gasteiger partial charge in [-0.3, -0.25) is 9.59 Å². The zero-order chi connectivity index (χ0) is 15.2. The van der Waals surface area contributed by atoms with E-state index in [1.165, 1.54) is 0 Å². The van der Waals surface area contributed by atoms with Gasteiger partial charge in [-0.25, -0.2) is 0 Å². The third kappa shape index (κ3) is 2.39. The molecule has 0 saturated heterocycles. The average Bonchev–Trinajstić information content (AvgIpc) is 2.29. The second-order valence-corrected chi connectivity index (χ2v) is 7.51. The van der Waals surface area contributed by atoms with Crippen LogP contribution in [0.3, 0.4) is 0 Å². The van der Waals surface area contributed by atoms with Crippen LogP contribution in [0.2, 0.25) is 0 Å². The first-order valence-electron chi connectivity index (χ1n) is 7.59. The zero-order valence-electron chi connectivity index (χ0n) is 13.0. The molecule has 4 nitrogen and oxygen atoms in total. The Morgan fingerprint density at radius 2 is 1.95 bits per heavy atom. The molecule has 0 bridgehead atoms. The molecule has 2 fully saturated rings. The number of aliphatic hydroxyl groups is 1. The van der Waals surface area contributed by atoms with Gasteiger partial charge >= 0.3 is 5.97 Å². The lowest BCUT2D eigenvalue weighted by Crippen LogP contribution is -2.62. The molecule has 2 aliphatic carbocycles. The zero-order valence-corrected chi connectivity index (χ0v) is 13.0. The average molecular weight is 282 g/mol. The van der Waals surface area contributed by atoms with Crippen molar-refractivity contribution in [3.63, 3.8) is 0 Å². The van der Waals surface area contributed by atoms with E-state index >= 15 is 0 Å². The van der Waals surface area contributed by atoms with Gasteiger partial charge in [0.05, 0.1) is 16.9 Å². The molecule has 0 aromatic carbocycles. The number of hydrogen-bond acceptors (Lipinski definition) is 4. The fraction of sp³-hybridized carbons (Fsp3) is 0.875. The van der Waals surface area contributed by atoms with Crippen LogP contribution in [0.15, 0.2) is 0 Å². The van der Waals surface area contributed by atoms with Crippen molar-refractivity contribution < 1.29 is 19.4 Å². The number of hydrogen-bond donors (Lipinski definition) is 1. The first-order valence-corrected chi connectivity index (χ1v) is 7.59. The fourth-order valence-corrected chi connectivity index (χ4v) is 3.81. The third-order valence-corrected chi connectivity index (χ3v) is 4.97. The molecule has 0 radical (unpaired) electrons. The van der Waals surface area contributed by atoms with E-state index in [1.807, 2.05) is 27.7 Å². The Balaban J connectivity index is 2.30. The van der Waals surface area contributed by atoms with Crippen LogP contribution in [0, 0.1) is 11.3 Å². The molecule has 0 amide bonds. The van der Waals surface area contributed by atoms with Crippen molar-refractivity contribution in [1.82, 2.24) is 0 Å². The minimum atomic E-state index is -1.23. The molecule has 3 atom stereocenters. The molecule has 0 aliphatic heterocycles. The van der Waals surface area contributed by atoms with E-state index in [0.717, 1.165) is 6.42 Å². The number of rotatable bonds is 1. The number of carbonyl (C=O) groups is 2. The molecule has 0 aromatic rings. The van der Waals surface area contributed by atoms with E-state index in [4.69, 9.17) is 4.74 Å². The summed E-state index contributed by atoms with van der Waals surface area (Å²) >= 11 is 0. The molecule has 1 N–H and O–H groups in total.